The molecule has 0 aliphatic heterocycles. The minimum absolute atomic E-state index is 0.0504. The van der Waals surface area contributed by atoms with Crippen LogP contribution in [0.2, 0.25) is 5.02 Å². The third-order valence-electron chi connectivity index (χ3n) is 3.97. The number of carbonyl (C=O) groups excluding carboxylic acids is 1. The van der Waals surface area contributed by atoms with Crippen molar-refractivity contribution in [2.45, 2.75) is 6.92 Å². The van der Waals surface area contributed by atoms with Gasteiger partial charge in [0.1, 0.15) is 11.4 Å². The van der Waals surface area contributed by atoms with Crippen molar-refractivity contribution < 1.29 is 14.4 Å². The van der Waals surface area contributed by atoms with Crippen LogP contribution in [0.4, 0.5) is 0 Å². The van der Waals surface area contributed by atoms with Gasteiger partial charge < -0.3 is 15.3 Å². The molecule has 0 amide bonds. The van der Waals surface area contributed by atoms with Crippen LogP contribution in [0.1, 0.15) is 21.7 Å². The number of amidine groups is 1. The highest BCUT2D eigenvalue weighted by molar-refractivity contribution is 6.31. The molecule has 0 saturated heterocycles. The lowest BCUT2D eigenvalue weighted by atomic mass is 10.2. The van der Waals surface area contributed by atoms with E-state index in [0.717, 1.165) is 11.3 Å². The van der Waals surface area contributed by atoms with E-state index >= 15 is 0 Å². The number of nitrogens with two attached hydrogens (primary N) is 1. The van der Waals surface area contributed by atoms with Crippen molar-refractivity contribution in [1.82, 2.24) is 20.0 Å². The second kappa shape index (κ2) is 7.50. The summed E-state index contributed by atoms with van der Waals surface area (Å²) in [4.78, 5) is 17.1. The molecule has 2 heterocycles. The molecule has 0 atom stereocenters. The fourth-order valence-electron chi connectivity index (χ4n) is 2.38. The van der Waals surface area contributed by atoms with E-state index in [4.69, 9.17) is 26.9 Å². The zero-order valence-electron chi connectivity index (χ0n) is 14.9. The molecular formula is C17H17ClN6O3. The number of oxime groups is 1. The van der Waals surface area contributed by atoms with Crippen LogP contribution in [0.3, 0.4) is 0 Å². The van der Waals surface area contributed by atoms with E-state index < -0.39 is 5.97 Å². The molecule has 140 valence electrons. The van der Waals surface area contributed by atoms with Gasteiger partial charge in [-0.1, -0.05) is 16.8 Å². The van der Waals surface area contributed by atoms with Gasteiger partial charge in [0.15, 0.2) is 5.84 Å². The lowest BCUT2D eigenvalue weighted by molar-refractivity contribution is 0.0509. The van der Waals surface area contributed by atoms with Crippen molar-refractivity contribution in [2.24, 2.45) is 17.9 Å². The van der Waals surface area contributed by atoms with Gasteiger partial charge in [-0.3, -0.25) is 9.78 Å². The minimum Gasteiger partial charge on any atom is -0.496 e. The number of nitrogens with zero attached hydrogens (tertiary/aromatic N) is 4. The molecule has 0 aliphatic rings. The van der Waals surface area contributed by atoms with E-state index in [9.17, 15) is 4.79 Å². The number of hydrogen-bond donors (Lipinski definition) is 2. The van der Waals surface area contributed by atoms with Crippen molar-refractivity contribution in [1.29, 1.82) is 0 Å². The number of ether oxygens (including phenoxy) is 1. The van der Waals surface area contributed by atoms with Gasteiger partial charge in [0.2, 0.25) is 0 Å². The molecule has 3 aromatic rings. The Morgan fingerprint density at radius 1 is 1.37 bits per heavy atom. The van der Waals surface area contributed by atoms with E-state index in [1.807, 2.05) is 14.0 Å². The van der Waals surface area contributed by atoms with E-state index in [1.165, 1.54) is 7.11 Å². The zero-order valence-corrected chi connectivity index (χ0v) is 15.6. The van der Waals surface area contributed by atoms with Crippen LogP contribution < -0.4 is 10.5 Å². The number of methoxy groups -OCH3 is 1. The summed E-state index contributed by atoms with van der Waals surface area (Å²) in [6.45, 7) is 1.90. The number of aromatic amines is 1. The summed E-state index contributed by atoms with van der Waals surface area (Å²) < 4.78 is 6.91. The van der Waals surface area contributed by atoms with Crippen LogP contribution in [-0.2, 0) is 11.9 Å². The quantitative estimate of drug-likeness (QED) is 0.299. The Bertz CT molecular complexity index is 1020. The van der Waals surface area contributed by atoms with E-state index in [-0.39, 0.29) is 11.5 Å². The van der Waals surface area contributed by atoms with Crippen molar-refractivity contribution >= 4 is 23.4 Å². The Balaban J connectivity index is 1.77. The SMILES string of the molecule is COc1ccc(Cl)cc1/C(N)=N/OC(=O)c1cc(-c2cnn(C)c2C)n[nH]1. The number of H-pyrrole nitrogens is 1. The summed E-state index contributed by atoms with van der Waals surface area (Å²) in [7, 11) is 3.31. The average Bonchev–Trinajstić information content (AvgIpc) is 3.27. The van der Waals surface area contributed by atoms with Crippen LogP contribution in [0.25, 0.3) is 11.3 Å². The van der Waals surface area contributed by atoms with E-state index in [0.29, 0.717) is 22.0 Å². The number of aromatic nitrogens is 4. The van der Waals surface area contributed by atoms with Crippen LogP contribution in [0.5, 0.6) is 5.75 Å². The van der Waals surface area contributed by atoms with E-state index in [2.05, 4.69) is 20.5 Å². The molecule has 0 radical (unpaired) electrons. The molecule has 0 bridgehead atoms. The molecule has 10 heteroatoms. The first-order chi connectivity index (χ1) is 12.9. The third-order valence-corrected chi connectivity index (χ3v) is 4.21. The highest BCUT2D eigenvalue weighted by atomic mass is 35.5. The molecule has 0 spiro atoms. The van der Waals surface area contributed by atoms with Gasteiger partial charge in [0, 0.05) is 23.3 Å². The second-order valence-electron chi connectivity index (χ2n) is 5.63. The molecule has 9 nitrogen and oxygen atoms in total. The van der Waals surface area contributed by atoms with Crippen molar-refractivity contribution in [2.75, 3.05) is 7.11 Å². The molecule has 2 aromatic heterocycles. The Morgan fingerprint density at radius 2 is 2.15 bits per heavy atom. The second-order valence-corrected chi connectivity index (χ2v) is 6.07. The van der Waals surface area contributed by atoms with Gasteiger partial charge in [0.05, 0.1) is 24.6 Å². The highest BCUT2D eigenvalue weighted by Gasteiger charge is 2.16. The van der Waals surface area contributed by atoms with Crippen LogP contribution in [-0.4, -0.2) is 38.9 Å². The lowest BCUT2D eigenvalue weighted by Gasteiger charge is -2.07. The third kappa shape index (κ3) is 3.77. The number of carbonyl (C=O) groups is 1. The Morgan fingerprint density at radius 3 is 2.81 bits per heavy atom. The lowest BCUT2D eigenvalue weighted by Crippen LogP contribution is -2.16. The summed E-state index contributed by atoms with van der Waals surface area (Å²) in [5.74, 6) is -0.336. The van der Waals surface area contributed by atoms with Crippen molar-refractivity contribution in [3.8, 4) is 17.0 Å². The van der Waals surface area contributed by atoms with Gasteiger partial charge in [0.25, 0.3) is 0 Å². The molecule has 3 rings (SSSR count). The average molecular weight is 389 g/mol. The summed E-state index contributed by atoms with van der Waals surface area (Å²) in [6, 6.07) is 6.40. The topological polar surface area (TPSA) is 120 Å². The molecule has 27 heavy (non-hydrogen) atoms. The first-order valence-electron chi connectivity index (χ1n) is 7.83. The fourth-order valence-corrected chi connectivity index (χ4v) is 2.56. The molecule has 0 fully saturated rings. The molecule has 1 aromatic carbocycles. The number of benzene rings is 1. The smallest absolute Gasteiger partial charge is 0.383 e. The number of nitrogens with one attached hydrogen (secondary N) is 1. The van der Waals surface area contributed by atoms with Gasteiger partial charge in [-0.15, -0.1) is 0 Å². The largest absolute Gasteiger partial charge is 0.496 e. The Kier molecular flexibility index (Phi) is 5.13. The maximum absolute atomic E-state index is 12.2. The molecular weight excluding hydrogens is 372 g/mol. The first kappa shape index (κ1) is 18.5. The predicted molar refractivity (Wildman–Crippen MR) is 99.7 cm³/mol. The fraction of sp³-hybridized carbons (Fsp3) is 0.176. The predicted octanol–water partition coefficient (Wildman–Crippen LogP) is 2.26. The first-order valence-corrected chi connectivity index (χ1v) is 8.21. The van der Waals surface area contributed by atoms with Gasteiger partial charge in [-0.25, -0.2) is 4.79 Å². The van der Waals surface area contributed by atoms with Crippen molar-refractivity contribution in [3.05, 3.63) is 52.4 Å². The summed E-state index contributed by atoms with van der Waals surface area (Å²) in [6.07, 6.45) is 1.67. The normalized spacial score (nSPS) is 11.5. The summed E-state index contributed by atoms with van der Waals surface area (Å²) in [5.41, 5.74) is 8.71. The van der Waals surface area contributed by atoms with Crippen molar-refractivity contribution in [3.63, 3.8) is 0 Å². The van der Waals surface area contributed by atoms with E-state index in [1.54, 1.807) is 35.1 Å². The Hall–Kier alpha value is -3.33. The number of aryl methyl sites for hydroxylation is 1. The Labute approximate surface area is 159 Å². The van der Waals surface area contributed by atoms with Crippen LogP contribution >= 0.6 is 11.6 Å². The minimum atomic E-state index is -0.737. The molecule has 0 aliphatic carbocycles. The van der Waals surface area contributed by atoms with Crippen LogP contribution in [0.15, 0.2) is 35.6 Å². The monoisotopic (exact) mass is 388 g/mol. The summed E-state index contributed by atoms with van der Waals surface area (Å²) in [5, 5.41) is 15.0. The highest BCUT2D eigenvalue weighted by Crippen LogP contribution is 2.23. The molecule has 3 N–H and O–H groups in total. The van der Waals surface area contributed by atoms with Gasteiger partial charge in [-0.05, 0) is 31.2 Å². The molecule has 0 unspecified atom stereocenters. The van der Waals surface area contributed by atoms with Crippen LogP contribution in [0, 0.1) is 6.92 Å². The maximum Gasteiger partial charge on any atom is 0.383 e. The summed E-state index contributed by atoms with van der Waals surface area (Å²) >= 11 is 5.96. The maximum atomic E-state index is 12.2. The number of halogens is 1. The number of hydrogen-bond acceptors (Lipinski definition) is 6. The standard InChI is InChI=1S/C17H17ClN6O3/c1-9-12(8-20-24(9)2)13-7-14(22-21-13)17(25)27-23-16(19)11-6-10(18)4-5-15(11)26-3/h4-8H,1-3H3,(H2,19,23)(H,21,22). The zero-order chi connectivity index (χ0) is 19.6. The van der Waals surface area contributed by atoms with Gasteiger partial charge >= 0.3 is 5.97 Å². The van der Waals surface area contributed by atoms with Gasteiger partial charge in [-0.2, -0.15) is 10.2 Å². The number of rotatable bonds is 5. The molecule has 0 saturated carbocycles.